The van der Waals surface area contributed by atoms with E-state index in [0.29, 0.717) is 17.8 Å². The van der Waals surface area contributed by atoms with E-state index in [9.17, 15) is 4.79 Å². The van der Waals surface area contributed by atoms with Crippen LogP contribution in [0.1, 0.15) is 36.8 Å². The summed E-state index contributed by atoms with van der Waals surface area (Å²) in [5, 5.41) is 9.13. The second kappa shape index (κ2) is 7.52. The highest BCUT2D eigenvalue weighted by Gasteiger charge is 2.25. The molecule has 3 N–H and O–H groups in total. The van der Waals surface area contributed by atoms with Gasteiger partial charge in [0.1, 0.15) is 4.99 Å². The van der Waals surface area contributed by atoms with Crippen LogP contribution in [0.3, 0.4) is 0 Å². The van der Waals surface area contributed by atoms with Crippen LogP contribution in [0.25, 0.3) is 0 Å². The first-order valence-electron chi connectivity index (χ1n) is 7.41. The van der Waals surface area contributed by atoms with Crippen LogP contribution in [0.2, 0.25) is 0 Å². The van der Waals surface area contributed by atoms with E-state index in [4.69, 9.17) is 23.1 Å². The molecular weight excluding hydrogens is 284 g/mol. The monoisotopic (exact) mass is 306 g/mol. The van der Waals surface area contributed by atoms with Crippen molar-refractivity contribution in [3.05, 3.63) is 35.4 Å². The zero-order valence-electron chi connectivity index (χ0n) is 12.1. The summed E-state index contributed by atoms with van der Waals surface area (Å²) in [7, 11) is 0. The summed E-state index contributed by atoms with van der Waals surface area (Å²) in [4.78, 5) is 14.8. The molecule has 1 aliphatic heterocycles. The Balaban J connectivity index is 2.00. The minimum atomic E-state index is 0.135. The second-order valence-corrected chi connectivity index (χ2v) is 5.93. The van der Waals surface area contributed by atoms with Gasteiger partial charge in [-0.1, -0.05) is 36.5 Å². The minimum Gasteiger partial charge on any atom is -0.396 e. The molecule has 0 saturated carbocycles. The average Bonchev–Trinajstić information content (AvgIpc) is 2.48. The molecule has 114 valence electrons. The molecule has 1 amide bonds. The lowest BCUT2D eigenvalue weighted by molar-refractivity contribution is -0.134. The van der Waals surface area contributed by atoms with Gasteiger partial charge in [-0.3, -0.25) is 4.79 Å². The van der Waals surface area contributed by atoms with Gasteiger partial charge in [0, 0.05) is 24.8 Å². The number of carbonyl (C=O) groups excluding carboxylic acids is 1. The first-order valence-corrected chi connectivity index (χ1v) is 7.81. The number of rotatable bonds is 5. The van der Waals surface area contributed by atoms with Crippen molar-refractivity contribution in [3.63, 3.8) is 0 Å². The number of likely N-dealkylation sites (tertiary alicyclic amines) is 1. The molecule has 0 radical (unpaired) electrons. The molecule has 0 aliphatic carbocycles. The Kier molecular flexibility index (Phi) is 5.70. The molecule has 5 heteroatoms. The molecule has 1 atom stereocenters. The number of benzene rings is 1. The Hall–Kier alpha value is -1.46. The quantitative estimate of drug-likeness (QED) is 0.811. The topological polar surface area (TPSA) is 66.6 Å². The summed E-state index contributed by atoms with van der Waals surface area (Å²) < 4.78 is 0. The maximum atomic E-state index is 12.5. The fourth-order valence-corrected chi connectivity index (χ4v) is 2.98. The molecule has 1 unspecified atom stereocenters. The summed E-state index contributed by atoms with van der Waals surface area (Å²) in [5.41, 5.74) is 7.35. The Labute approximate surface area is 130 Å². The third-order valence-corrected chi connectivity index (χ3v) is 4.24. The van der Waals surface area contributed by atoms with E-state index >= 15 is 0 Å². The standard InChI is InChI=1S/C16H22N2O2S/c17-16(21)13-6-4-12(5-7-13)11-15(20)18-9-2-1-3-14(18)8-10-19/h4-7,14,19H,1-3,8-11H2,(H2,17,21). The molecule has 0 bridgehead atoms. The van der Waals surface area contributed by atoms with Crippen molar-refractivity contribution in [2.45, 2.75) is 38.1 Å². The van der Waals surface area contributed by atoms with Gasteiger partial charge in [0.05, 0.1) is 6.42 Å². The summed E-state index contributed by atoms with van der Waals surface area (Å²) in [5.74, 6) is 0.135. The van der Waals surface area contributed by atoms with Crippen LogP contribution >= 0.6 is 12.2 Å². The molecule has 2 rings (SSSR count). The molecule has 1 fully saturated rings. The van der Waals surface area contributed by atoms with Crippen molar-refractivity contribution in [3.8, 4) is 0 Å². The Morgan fingerprint density at radius 2 is 2.05 bits per heavy atom. The number of piperidine rings is 1. The summed E-state index contributed by atoms with van der Waals surface area (Å²) in [6, 6.07) is 7.69. The van der Waals surface area contributed by atoms with E-state index in [1.165, 1.54) is 0 Å². The van der Waals surface area contributed by atoms with Gasteiger partial charge in [-0.15, -0.1) is 0 Å². The van der Waals surface area contributed by atoms with Crippen LogP contribution in [0.5, 0.6) is 0 Å². The zero-order chi connectivity index (χ0) is 15.2. The smallest absolute Gasteiger partial charge is 0.227 e. The lowest BCUT2D eigenvalue weighted by atomic mass is 9.98. The molecule has 1 aromatic rings. The molecule has 1 aromatic carbocycles. The number of carbonyl (C=O) groups is 1. The van der Waals surface area contributed by atoms with Crippen LogP contribution in [-0.4, -0.2) is 40.1 Å². The maximum Gasteiger partial charge on any atom is 0.227 e. The molecule has 1 saturated heterocycles. The highest BCUT2D eigenvalue weighted by Crippen LogP contribution is 2.20. The predicted octanol–water partition coefficient (Wildman–Crippen LogP) is 1.63. The molecule has 1 aliphatic rings. The SMILES string of the molecule is NC(=S)c1ccc(CC(=O)N2CCCCC2CCO)cc1. The average molecular weight is 306 g/mol. The fourth-order valence-electron chi connectivity index (χ4n) is 2.84. The maximum absolute atomic E-state index is 12.5. The molecule has 0 aromatic heterocycles. The Bertz CT molecular complexity index is 500. The van der Waals surface area contributed by atoms with Crippen molar-refractivity contribution in [2.24, 2.45) is 5.73 Å². The zero-order valence-corrected chi connectivity index (χ0v) is 12.9. The molecule has 1 heterocycles. The lowest BCUT2D eigenvalue weighted by Crippen LogP contribution is -2.44. The minimum absolute atomic E-state index is 0.135. The van der Waals surface area contributed by atoms with Gasteiger partial charge < -0.3 is 15.7 Å². The van der Waals surface area contributed by atoms with E-state index in [-0.39, 0.29) is 18.6 Å². The summed E-state index contributed by atoms with van der Waals surface area (Å²) >= 11 is 4.92. The van der Waals surface area contributed by atoms with Gasteiger partial charge in [-0.05, 0) is 31.2 Å². The molecule has 0 spiro atoms. The number of hydrogen-bond acceptors (Lipinski definition) is 3. The fraction of sp³-hybridized carbons (Fsp3) is 0.500. The van der Waals surface area contributed by atoms with Crippen LogP contribution in [0.15, 0.2) is 24.3 Å². The first kappa shape index (κ1) is 15.9. The van der Waals surface area contributed by atoms with Crippen LogP contribution in [-0.2, 0) is 11.2 Å². The highest BCUT2D eigenvalue weighted by molar-refractivity contribution is 7.80. The van der Waals surface area contributed by atoms with Crippen LogP contribution in [0, 0.1) is 0 Å². The molecule has 4 nitrogen and oxygen atoms in total. The number of aliphatic hydroxyl groups is 1. The lowest BCUT2D eigenvalue weighted by Gasteiger charge is -2.35. The van der Waals surface area contributed by atoms with E-state index in [1.807, 2.05) is 29.2 Å². The number of thiocarbonyl (C=S) groups is 1. The normalized spacial score (nSPS) is 18.5. The Morgan fingerprint density at radius 3 is 2.67 bits per heavy atom. The van der Waals surface area contributed by atoms with Crippen molar-refractivity contribution in [1.82, 2.24) is 4.90 Å². The number of nitrogens with zero attached hydrogens (tertiary/aromatic N) is 1. The van der Waals surface area contributed by atoms with Gasteiger partial charge in [-0.25, -0.2) is 0 Å². The van der Waals surface area contributed by atoms with E-state index < -0.39 is 0 Å². The summed E-state index contributed by atoms with van der Waals surface area (Å²) in [6.45, 7) is 0.936. The van der Waals surface area contributed by atoms with Crippen molar-refractivity contribution in [1.29, 1.82) is 0 Å². The Morgan fingerprint density at radius 1 is 1.33 bits per heavy atom. The third-order valence-electron chi connectivity index (χ3n) is 4.00. The highest BCUT2D eigenvalue weighted by atomic mass is 32.1. The number of nitrogens with two attached hydrogens (primary N) is 1. The second-order valence-electron chi connectivity index (χ2n) is 5.49. The number of hydrogen-bond donors (Lipinski definition) is 2. The van der Waals surface area contributed by atoms with Crippen molar-refractivity contribution >= 4 is 23.1 Å². The van der Waals surface area contributed by atoms with Gasteiger partial charge >= 0.3 is 0 Å². The molecular formula is C16H22N2O2S. The largest absolute Gasteiger partial charge is 0.396 e. The van der Waals surface area contributed by atoms with Crippen LogP contribution in [0.4, 0.5) is 0 Å². The van der Waals surface area contributed by atoms with Gasteiger partial charge in [-0.2, -0.15) is 0 Å². The third kappa shape index (κ3) is 4.25. The van der Waals surface area contributed by atoms with E-state index in [1.54, 1.807) is 0 Å². The van der Waals surface area contributed by atoms with Gasteiger partial charge in [0.15, 0.2) is 0 Å². The number of aliphatic hydroxyl groups excluding tert-OH is 1. The van der Waals surface area contributed by atoms with E-state index in [0.717, 1.165) is 36.9 Å². The van der Waals surface area contributed by atoms with Crippen LogP contribution < -0.4 is 5.73 Å². The predicted molar refractivity (Wildman–Crippen MR) is 87.1 cm³/mol. The molecule has 21 heavy (non-hydrogen) atoms. The van der Waals surface area contributed by atoms with Gasteiger partial charge in [0.2, 0.25) is 5.91 Å². The first-order chi connectivity index (χ1) is 10.1. The number of amides is 1. The summed E-state index contributed by atoms with van der Waals surface area (Å²) in [6.07, 6.45) is 4.24. The van der Waals surface area contributed by atoms with E-state index in [2.05, 4.69) is 0 Å². The van der Waals surface area contributed by atoms with Crippen molar-refractivity contribution in [2.75, 3.05) is 13.2 Å². The van der Waals surface area contributed by atoms with Gasteiger partial charge in [0.25, 0.3) is 0 Å². The van der Waals surface area contributed by atoms with Crippen molar-refractivity contribution < 1.29 is 9.90 Å².